The number of morpholine rings is 1. The predicted molar refractivity (Wildman–Crippen MR) is 131 cm³/mol. The summed E-state index contributed by atoms with van der Waals surface area (Å²) in [4.78, 5) is 24.7. The number of carbonyl (C=O) groups excluding carboxylic acids is 1. The van der Waals surface area contributed by atoms with Gasteiger partial charge in [0.1, 0.15) is 16.5 Å². The van der Waals surface area contributed by atoms with Crippen molar-refractivity contribution in [3.05, 3.63) is 42.5 Å². The Morgan fingerprint density at radius 3 is 2.45 bits per heavy atom. The van der Waals surface area contributed by atoms with E-state index in [0.717, 1.165) is 35.0 Å². The number of benzene rings is 2. The average molecular weight is 469 g/mol. The third kappa shape index (κ3) is 5.48. The van der Waals surface area contributed by atoms with Crippen LogP contribution < -0.4 is 19.7 Å². The van der Waals surface area contributed by atoms with Gasteiger partial charge in [-0.15, -0.1) is 0 Å². The lowest BCUT2D eigenvalue weighted by atomic mass is 10.2. The van der Waals surface area contributed by atoms with Crippen LogP contribution in [-0.4, -0.2) is 61.1 Å². The summed E-state index contributed by atoms with van der Waals surface area (Å²) in [5, 5.41) is 3.64. The van der Waals surface area contributed by atoms with Gasteiger partial charge in [-0.25, -0.2) is 9.97 Å². The summed E-state index contributed by atoms with van der Waals surface area (Å²) in [5.41, 5.74) is 2.22. The molecule has 1 amide bonds. The number of hydrogen-bond acceptors (Lipinski definition) is 8. The summed E-state index contributed by atoms with van der Waals surface area (Å²) in [7, 11) is 3.14. The van der Waals surface area contributed by atoms with E-state index in [2.05, 4.69) is 24.1 Å². The summed E-state index contributed by atoms with van der Waals surface area (Å²) in [6.07, 6.45) is 0.177. The summed E-state index contributed by atoms with van der Waals surface area (Å²) >= 11 is 1.37. The third-order valence-corrected chi connectivity index (χ3v) is 6.22. The van der Waals surface area contributed by atoms with Gasteiger partial charge < -0.3 is 24.4 Å². The van der Waals surface area contributed by atoms with E-state index < -0.39 is 0 Å². The van der Waals surface area contributed by atoms with E-state index in [0.29, 0.717) is 17.2 Å². The Hall–Kier alpha value is -3.04. The number of nitrogens with one attached hydrogen (secondary N) is 1. The van der Waals surface area contributed by atoms with Crippen molar-refractivity contribution in [2.24, 2.45) is 0 Å². The molecule has 174 valence electrons. The van der Waals surface area contributed by atoms with Crippen molar-refractivity contribution in [1.82, 2.24) is 9.97 Å². The number of rotatable bonds is 7. The van der Waals surface area contributed by atoms with Crippen LogP contribution in [0.5, 0.6) is 11.5 Å². The van der Waals surface area contributed by atoms with Gasteiger partial charge in [-0.05, 0) is 38.1 Å². The van der Waals surface area contributed by atoms with Gasteiger partial charge in [-0.1, -0.05) is 23.9 Å². The number of methoxy groups -OCH3 is 2. The number of fused-ring (bicyclic) bond motifs is 1. The Morgan fingerprint density at radius 1 is 1.09 bits per heavy atom. The van der Waals surface area contributed by atoms with Crippen LogP contribution in [0.2, 0.25) is 0 Å². The minimum absolute atomic E-state index is 0.0886. The van der Waals surface area contributed by atoms with Crippen LogP contribution in [-0.2, 0) is 9.53 Å². The van der Waals surface area contributed by atoms with Crippen molar-refractivity contribution >= 4 is 40.2 Å². The molecular weight excluding hydrogens is 440 g/mol. The number of anilines is 2. The molecule has 1 N–H and O–H groups in total. The molecule has 4 rings (SSSR count). The fourth-order valence-corrected chi connectivity index (χ4v) is 4.66. The minimum atomic E-state index is -0.159. The van der Waals surface area contributed by atoms with Crippen molar-refractivity contribution in [3.8, 4) is 11.5 Å². The highest BCUT2D eigenvalue weighted by molar-refractivity contribution is 8.00. The van der Waals surface area contributed by atoms with Crippen LogP contribution >= 0.6 is 11.8 Å². The standard InChI is InChI=1S/C24H28N4O4S/c1-15-12-28(13-16(2)32-15)23-24(27-19-8-6-5-7-18(19)26-23)33-14-22(29)25-20-10-9-17(30-3)11-21(20)31-4/h5-11,15-16H,12-14H2,1-4H3,(H,25,29)/t15-,16+. The van der Waals surface area contributed by atoms with E-state index in [1.54, 1.807) is 32.4 Å². The number of thioether (sulfide) groups is 1. The van der Waals surface area contributed by atoms with E-state index >= 15 is 0 Å². The molecule has 1 aromatic heterocycles. The molecule has 0 spiro atoms. The number of ether oxygens (including phenoxy) is 3. The Kier molecular flexibility index (Phi) is 7.20. The molecule has 33 heavy (non-hydrogen) atoms. The average Bonchev–Trinajstić information content (AvgIpc) is 2.81. The van der Waals surface area contributed by atoms with Gasteiger partial charge in [0.05, 0.1) is 48.9 Å². The highest BCUT2D eigenvalue weighted by Crippen LogP contribution is 2.32. The number of amides is 1. The SMILES string of the molecule is COc1ccc(NC(=O)CSc2nc3ccccc3nc2N2C[C@@H](C)O[C@@H](C)C2)c(OC)c1. The lowest BCUT2D eigenvalue weighted by molar-refractivity contribution is -0.113. The van der Waals surface area contributed by atoms with Crippen LogP contribution in [0.4, 0.5) is 11.5 Å². The summed E-state index contributed by atoms with van der Waals surface area (Å²) in [6.45, 7) is 5.56. The molecule has 1 aliphatic rings. The largest absolute Gasteiger partial charge is 0.497 e. The van der Waals surface area contributed by atoms with Crippen molar-refractivity contribution in [2.75, 3.05) is 43.3 Å². The Bertz CT molecular complexity index is 1130. The summed E-state index contributed by atoms with van der Waals surface area (Å²) < 4.78 is 16.5. The molecular formula is C24H28N4O4S. The lowest BCUT2D eigenvalue weighted by Crippen LogP contribution is -2.46. The zero-order valence-corrected chi connectivity index (χ0v) is 20.0. The number of nitrogens with zero attached hydrogens (tertiary/aromatic N) is 3. The molecule has 2 atom stereocenters. The first-order valence-corrected chi connectivity index (χ1v) is 11.8. The highest BCUT2D eigenvalue weighted by atomic mass is 32.2. The van der Waals surface area contributed by atoms with Gasteiger partial charge in [0.2, 0.25) is 5.91 Å². The molecule has 1 aliphatic heterocycles. The molecule has 1 saturated heterocycles. The molecule has 9 heteroatoms. The molecule has 0 aliphatic carbocycles. The Balaban J connectivity index is 1.54. The van der Waals surface area contributed by atoms with E-state index in [-0.39, 0.29) is 23.9 Å². The molecule has 8 nitrogen and oxygen atoms in total. The van der Waals surface area contributed by atoms with E-state index in [9.17, 15) is 4.79 Å². The summed E-state index contributed by atoms with van der Waals surface area (Å²) in [5.74, 6) is 2.01. The van der Waals surface area contributed by atoms with E-state index in [1.807, 2.05) is 24.3 Å². The highest BCUT2D eigenvalue weighted by Gasteiger charge is 2.26. The fraction of sp³-hybridized carbons (Fsp3) is 0.375. The smallest absolute Gasteiger partial charge is 0.234 e. The Morgan fingerprint density at radius 2 is 1.79 bits per heavy atom. The zero-order chi connectivity index (χ0) is 23.4. The first kappa shape index (κ1) is 23.1. The maximum absolute atomic E-state index is 12.8. The van der Waals surface area contributed by atoms with Crippen molar-refractivity contribution in [3.63, 3.8) is 0 Å². The molecule has 0 radical (unpaired) electrons. The minimum Gasteiger partial charge on any atom is -0.497 e. The quantitative estimate of drug-likeness (QED) is 0.521. The second kappa shape index (κ2) is 10.3. The second-order valence-electron chi connectivity index (χ2n) is 7.91. The van der Waals surface area contributed by atoms with Gasteiger partial charge >= 0.3 is 0 Å². The van der Waals surface area contributed by atoms with E-state index in [4.69, 9.17) is 24.2 Å². The van der Waals surface area contributed by atoms with Crippen LogP contribution in [0.15, 0.2) is 47.5 Å². The molecule has 0 saturated carbocycles. The number of carbonyl (C=O) groups is 1. The summed E-state index contributed by atoms with van der Waals surface area (Å²) in [6, 6.07) is 13.0. The molecule has 0 bridgehead atoms. The maximum atomic E-state index is 12.8. The molecule has 2 heterocycles. The second-order valence-corrected chi connectivity index (χ2v) is 8.87. The maximum Gasteiger partial charge on any atom is 0.234 e. The van der Waals surface area contributed by atoms with Gasteiger partial charge in [0, 0.05) is 19.2 Å². The van der Waals surface area contributed by atoms with Crippen molar-refractivity contribution in [1.29, 1.82) is 0 Å². The van der Waals surface area contributed by atoms with Gasteiger partial charge in [-0.2, -0.15) is 0 Å². The van der Waals surface area contributed by atoms with Crippen LogP contribution in [0.3, 0.4) is 0 Å². The molecule has 3 aromatic rings. The first-order chi connectivity index (χ1) is 16.0. The monoisotopic (exact) mass is 468 g/mol. The zero-order valence-electron chi connectivity index (χ0n) is 19.2. The first-order valence-electron chi connectivity index (χ1n) is 10.8. The van der Waals surface area contributed by atoms with Gasteiger partial charge in [0.15, 0.2) is 5.82 Å². The van der Waals surface area contributed by atoms with Crippen LogP contribution in [0, 0.1) is 0 Å². The van der Waals surface area contributed by atoms with Gasteiger partial charge in [0.25, 0.3) is 0 Å². The molecule has 2 aromatic carbocycles. The number of aromatic nitrogens is 2. The Labute approximate surface area is 197 Å². The lowest BCUT2D eigenvalue weighted by Gasteiger charge is -2.36. The van der Waals surface area contributed by atoms with Crippen LogP contribution in [0.25, 0.3) is 11.0 Å². The number of para-hydroxylation sites is 2. The molecule has 0 unspecified atom stereocenters. The number of hydrogen-bond donors (Lipinski definition) is 1. The molecule has 1 fully saturated rings. The normalized spacial score (nSPS) is 18.2. The third-order valence-electron chi connectivity index (χ3n) is 5.26. The van der Waals surface area contributed by atoms with Gasteiger partial charge in [-0.3, -0.25) is 4.79 Å². The fourth-order valence-electron chi connectivity index (χ4n) is 3.85. The van der Waals surface area contributed by atoms with E-state index in [1.165, 1.54) is 11.8 Å². The predicted octanol–water partition coefficient (Wildman–Crippen LogP) is 3.99. The topological polar surface area (TPSA) is 85.8 Å². The van der Waals surface area contributed by atoms with Crippen molar-refractivity contribution in [2.45, 2.75) is 31.1 Å². The van der Waals surface area contributed by atoms with Crippen LogP contribution in [0.1, 0.15) is 13.8 Å². The van der Waals surface area contributed by atoms with Crippen molar-refractivity contribution < 1.29 is 19.0 Å².